The number of rotatable bonds is 9. The maximum Gasteiger partial charge on any atom is 0.326 e. The van der Waals surface area contributed by atoms with Crippen molar-refractivity contribution in [1.82, 2.24) is 26.3 Å². The molecule has 0 aliphatic heterocycles. The number of carbonyl (C=O) groups excluding carboxylic acids is 2. The Morgan fingerprint density at radius 1 is 1.33 bits per heavy atom. The minimum Gasteiger partial charge on any atom is -0.480 e. The number of aliphatic carboxylic acids is 1. The predicted octanol–water partition coefficient (Wildman–Crippen LogP) is -0.925. The molecule has 0 aliphatic rings. The minimum absolute atomic E-state index is 0.0459. The third kappa shape index (κ3) is 6.25. The monoisotopic (exact) mass is 373 g/mol. The van der Waals surface area contributed by atoms with Crippen LogP contribution in [0.15, 0.2) is 41.5 Å². The summed E-state index contributed by atoms with van der Waals surface area (Å²) in [6.07, 6.45) is 2.79. The zero-order chi connectivity index (χ0) is 19.6. The van der Waals surface area contributed by atoms with Crippen molar-refractivity contribution in [2.45, 2.75) is 12.5 Å². The number of nitrogens with two attached hydrogens (primary N) is 1. The van der Waals surface area contributed by atoms with E-state index in [4.69, 9.17) is 5.84 Å². The molecule has 1 aromatic carbocycles. The van der Waals surface area contributed by atoms with E-state index in [1.807, 2.05) is 0 Å². The van der Waals surface area contributed by atoms with Crippen molar-refractivity contribution < 1.29 is 19.5 Å². The average molecular weight is 373 g/mol. The quantitative estimate of drug-likeness (QED) is 0.142. The van der Waals surface area contributed by atoms with E-state index in [9.17, 15) is 19.5 Å². The molecular weight excluding hydrogens is 354 g/mol. The van der Waals surface area contributed by atoms with Gasteiger partial charge in [-0.15, -0.1) is 0 Å². The smallest absolute Gasteiger partial charge is 0.326 e. The number of hydrogen-bond acceptors (Lipinski definition) is 6. The highest BCUT2D eigenvalue weighted by atomic mass is 16.4. The fourth-order valence-electron chi connectivity index (χ4n) is 2.17. The van der Waals surface area contributed by atoms with E-state index in [0.29, 0.717) is 16.9 Å². The summed E-state index contributed by atoms with van der Waals surface area (Å²) in [5.41, 5.74) is 3.60. The highest BCUT2D eigenvalue weighted by Crippen LogP contribution is 2.13. The number of nitrogens with one attached hydrogen (secondary N) is 4. The van der Waals surface area contributed by atoms with Gasteiger partial charge in [0.25, 0.3) is 5.91 Å². The molecule has 2 amide bonds. The lowest BCUT2D eigenvalue weighted by Crippen LogP contribution is -2.46. The van der Waals surface area contributed by atoms with Crippen LogP contribution in [0.5, 0.6) is 0 Å². The van der Waals surface area contributed by atoms with E-state index in [1.54, 1.807) is 24.3 Å². The number of carbonyl (C=O) groups is 3. The molecule has 142 valence electrons. The maximum atomic E-state index is 12.1. The second kappa shape index (κ2) is 9.68. The van der Waals surface area contributed by atoms with Crippen molar-refractivity contribution in [3.8, 4) is 0 Å². The Labute approximate surface area is 154 Å². The highest BCUT2D eigenvalue weighted by Gasteiger charge is 2.21. The van der Waals surface area contributed by atoms with Crippen molar-refractivity contribution in [3.63, 3.8) is 0 Å². The number of hydrazine groups is 1. The second-order valence-corrected chi connectivity index (χ2v) is 5.40. The number of benzene rings is 1. The molecule has 1 aromatic heterocycles. The van der Waals surface area contributed by atoms with Gasteiger partial charge in [-0.1, -0.05) is 6.07 Å². The van der Waals surface area contributed by atoms with Gasteiger partial charge in [0.15, 0.2) is 0 Å². The predicted molar refractivity (Wildman–Crippen MR) is 96.1 cm³/mol. The molecule has 0 saturated carbocycles. The van der Waals surface area contributed by atoms with Crippen LogP contribution in [0, 0.1) is 0 Å². The van der Waals surface area contributed by atoms with Crippen LogP contribution < -0.4 is 21.9 Å². The first-order chi connectivity index (χ1) is 13.0. The van der Waals surface area contributed by atoms with Crippen LogP contribution in [0.3, 0.4) is 0 Å². The summed E-state index contributed by atoms with van der Waals surface area (Å²) in [6, 6.07) is 6.84. The molecule has 27 heavy (non-hydrogen) atoms. The van der Waals surface area contributed by atoms with Crippen LogP contribution >= 0.6 is 0 Å². The number of aromatic amines is 1. The number of nitrogens with zero attached hydrogens (tertiary/aromatic N) is 2. The van der Waals surface area contributed by atoms with Gasteiger partial charge in [-0.2, -0.15) is 5.10 Å². The first-order valence-corrected chi connectivity index (χ1v) is 7.87. The number of aromatic nitrogens is 2. The summed E-state index contributed by atoms with van der Waals surface area (Å²) in [6.45, 7) is -0.372. The van der Waals surface area contributed by atoms with Gasteiger partial charge in [0.05, 0.1) is 12.2 Å². The van der Waals surface area contributed by atoms with Gasteiger partial charge < -0.3 is 21.2 Å². The van der Waals surface area contributed by atoms with E-state index < -0.39 is 23.8 Å². The molecule has 1 unspecified atom stereocenters. The molecule has 2 rings (SSSR count). The fraction of sp³-hybridized carbons (Fsp3) is 0.188. The van der Waals surface area contributed by atoms with Crippen molar-refractivity contribution in [2.24, 2.45) is 10.8 Å². The van der Waals surface area contributed by atoms with Crippen LogP contribution in [0.25, 0.3) is 0 Å². The number of H-pyrrole nitrogens is 1. The molecular formula is C16H19N7O4. The molecule has 2 aromatic rings. The van der Waals surface area contributed by atoms with Crippen molar-refractivity contribution in [2.75, 3.05) is 6.54 Å². The molecule has 0 spiro atoms. The highest BCUT2D eigenvalue weighted by molar-refractivity contribution is 5.97. The largest absolute Gasteiger partial charge is 0.480 e. The lowest BCUT2D eigenvalue weighted by atomic mass is 10.1. The van der Waals surface area contributed by atoms with Gasteiger partial charge in [0, 0.05) is 23.9 Å². The molecule has 1 atom stereocenters. The van der Waals surface area contributed by atoms with Crippen molar-refractivity contribution >= 4 is 29.8 Å². The number of carboxylic acid groups (broad SMARTS) is 1. The van der Waals surface area contributed by atoms with Gasteiger partial charge >= 0.3 is 5.97 Å². The van der Waals surface area contributed by atoms with E-state index >= 15 is 0 Å². The van der Waals surface area contributed by atoms with Crippen molar-refractivity contribution in [1.29, 1.82) is 0 Å². The Morgan fingerprint density at radius 2 is 2.15 bits per heavy atom. The Balaban J connectivity index is 1.89. The summed E-state index contributed by atoms with van der Waals surface area (Å²) in [5.74, 6) is 2.77. The molecule has 0 saturated heterocycles. The fourth-order valence-corrected chi connectivity index (χ4v) is 2.17. The van der Waals surface area contributed by atoms with Gasteiger partial charge in [-0.25, -0.2) is 15.6 Å². The zero-order valence-electron chi connectivity index (χ0n) is 14.2. The topological polar surface area (TPSA) is 175 Å². The molecule has 0 fully saturated rings. The Kier molecular flexibility index (Phi) is 7.02. The Morgan fingerprint density at radius 3 is 2.81 bits per heavy atom. The Bertz CT molecular complexity index is 820. The lowest BCUT2D eigenvalue weighted by molar-refractivity contribution is -0.141. The SMILES string of the molecule is NNC=Nc1cccc(C(=O)NCC(=O)NC(Cc2ccn[nH]2)C(=O)O)c1. The standard InChI is InChI=1S/C16H19N7O4/c17-20-9-19-11-3-1-2-10(6-11)15(25)18-8-14(24)22-13(16(26)27)7-12-4-5-21-23-12/h1-6,9,13H,7-8,17H2,(H,18,25)(H,19,20)(H,21,23)(H,22,24)(H,26,27). The van der Waals surface area contributed by atoms with Crippen LogP contribution in [0.4, 0.5) is 5.69 Å². The van der Waals surface area contributed by atoms with E-state index in [1.165, 1.54) is 18.6 Å². The first-order valence-electron chi connectivity index (χ1n) is 7.87. The zero-order valence-corrected chi connectivity index (χ0v) is 14.2. The lowest BCUT2D eigenvalue weighted by Gasteiger charge is -2.14. The first kappa shape index (κ1) is 19.6. The minimum atomic E-state index is -1.19. The van der Waals surface area contributed by atoms with Gasteiger partial charge in [-0.3, -0.25) is 14.7 Å². The Hall–Kier alpha value is -3.73. The molecule has 11 heteroatoms. The van der Waals surface area contributed by atoms with Gasteiger partial charge in [0.2, 0.25) is 5.91 Å². The summed E-state index contributed by atoms with van der Waals surface area (Å²) in [5, 5.41) is 20.4. The summed E-state index contributed by atoms with van der Waals surface area (Å²) in [7, 11) is 0. The molecule has 11 nitrogen and oxygen atoms in total. The number of hydrogen-bond donors (Lipinski definition) is 6. The number of amides is 2. The van der Waals surface area contributed by atoms with Crippen LogP contribution in [0.1, 0.15) is 16.1 Å². The summed E-state index contributed by atoms with van der Waals surface area (Å²) >= 11 is 0. The van der Waals surface area contributed by atoms with Gasteiger partial charge in [0.1, 0.15) is 12.4 Å². The van der Waals surface area contributed by atoms with Crippen LogP contribution in [0.2, 0.25) is 0 Å². The molecule has 7 N–H and O–H groups in total. The van der Waals surface area contributed by atoms with Gasteiger partial charge in [-0.05, 0) is 24.3 Å². The number of aliphatic imine (C=N–C) groups is 1. The van der Waals surface area contributed by atoms with Crippen LogP contribution in [-0.2, 0) is 16.0 Å². The van der Waals surface area contributed by atoms with Crippen molar-refractivity contribution in [3.05, 3.63) is 47.8 Å². The number of carboxylic acids is 1. The van der Waals surface area contributed by atoms with E-state index in [0.717, 1.165) is 0 Å². The summed E-state index contributed by atoms with van der Waals surface area (Å²) < 4.78 is 0. The molecule has 0 aliphatic carbocycles. The molecule has 0 bridgehead atoms. The molecule has 1 heterocycles. The van der Waals surface area contributed by atoms with E-state index in [2.05, 4.69) is 31.2 Å². The summed E-state index contributed by atoms with van der Waals surface area (Å²) in [4.78, 5) is 39.4. The normalized spacial score (nSPS) is 11.7. The second-order valence-electron chi connectivity index (χ2n) is 5.40. The third-order valence-corrected chi connectivity index (χ3v) is 3.42. The third-order valence-electron chi connectivity index (χ3n) is 3.42. The average Bonchev–Trinajstić information content (AvgIpc) is 3.17. The molecule has 0 radical (unpaired) electrons. The van der Waals surface area contributed by atoms with E-state index in [-0.39, 0.29) is 13.0 Å². The van der Waals surface area contributed by atoms with Crippen LogP contribution in [-0.4, -0.2) is 52.0 Å². The maximum absolute atomic E-state index is 12.1.